The highest BCUT2D eigenvalue weighted by Crippen LogP contribution is 2.41. The van der Waals surface area contributed by atoms with Gasteiger partial charge in [0.15, 0.2) is 0 Å². The van der Waals surface area contributed by atoms with Crippen LogP contribution < -0.4 is 4.74 Å². The Morgan fingerprint density at radius 2 is 2.03 bits per heavy atom. The quantitative estimate of drug-likeness (QED) is 0.437. The third kappa shape index (κ3) is 5.78. The van der Waals surface area contributed by atoms with Gasteiger partial charge < -0.3 is 19.1 Å². The summed E-state index contributed by atoms with van der Waals surface area (Å²) >= 11 is 0. The molecule has 1 N–H and O–H groups in total. The van der Waals surface area contributed by atoms with E-state index in [1.807, 2.05) is 32.0 Å². The molecule has 1 atom stereocenters. The van der Waals surface area contributed by atoms with E-state index in [2.05, 4.69) is 16.2 Å². The summed E-state index contributed by atoms with van der Waals surface area (Å²) in [6.07, 6.45) is 0.377. The van der Waals surface area contributed by atoms with Crippen LogP contribution in [0.2, 0.25) is 0 Å². The zero-order chi connectivity index (χ0) is 27.6. The highest BCUT2D eigenvalue weighted by atomic mass is 16.6. The fourth-order valence-corrected chi connectivity index (χ4v) is 4.49. The Morgan fingerprint density at radius 1 is 1.26 bits per heavy atom. The highest BCUT2D eigenvalue weighted by molar-refractivity contribution is 5.78. The zero-order valence-corrected chi connectivity index (χ0v) is 22.0. The number of hydrogen-bond acceptors (Lipinski definition) is 8. The average Bonchev–Trinajstić information content (AvgIpc) is 3.49. The lowest BCUT2D eigenvalue weighted by atomic mass is 10.0. The molecule has 3 aromatic rings. The molecule has 10 heteroatoms. The number of aliphatic carboxylic acids is 1. The molecule has 0 saturated carbocycles. The normalized spacial score (nSPS) is 14.6. The first-order valence-corrected chi connectivity index (χ1v) is 12.3. The zero-order valence-electron chi connectivity index (χ0n) is 22.0. The molecule has 1 aliphatic carbocycles. The SMILES string of the molecule is CC(C)Oc1ccc(-c2nc(-c3cccc4c3CC[C@H]4N(CC(=O)O)C(=O)OC(C)(C)C)no2)cc1C#N. The minimum Gasteiger partial charge on any atom is -0.490 e. The summed E-state index contributed by atoms with van der Waals surface area (Å²) in [5, 5.41) is 23.2. The van der Waals surface area contributed by atoms with E-state index in [1.54, 1.807) is 39.0 Å². The van der Waals surface area contributed by atoms with Gasteiger partial charge >= 0.3 is 12.1 Å². The lowest BCUT2D eigenvalue weighted by Gasteiger charge is -2.31. The Kier molecular flexibility index (Phi) is 7.39. The second-order valence-corrected chi connectivity index (χ2v) is 10.3. The van der Waals surface area contributed by atoms with Gasteiger partial charge in [-0.15, -0.1) is 0 Å². The number of amides is 1. The van der Waals surface area contributed by atoms with E-state index in [9.17, 15) is 20.0 Å². The van der Waals surface area contributed by atoms with Crippen molar-refractivity contribution in [1.82, 2.24) is 15.0 Å². The van der Waals surface area contributed by atoms with Crippen molar-refractivity contribution >= 4 is 12.1 Å². The molecule has 1 amide bonds. The van der Waals surface area contributed by atoms with Crippen LogP contribution >= 0.6 is 0 Å². The number of carboxylic acid groups (broad SMARTS) is 1. The number of nitriles is 1. The van der Waals surface area contributed by atoms with Crippen LogP contribution in [0.1, 0.15) is 63.8 Å². The standard InChI is InChI=1S/C28H30N4O6/c1-16(2)36-23-12-9-17(13-18(23)14-29)26-30-25(31-38-26)21-8-6-7-20-19(21)10-11-22(20)32(15-24(33)34)27(35)37-28(3,4)5/h6-9,12-13,16,22H,10-11,15H2,1-5H3,(H,33,34)/t22-/m1/s1. The van der Waals surface area contributed by atoms with Gasteiger partial charge in [-0.1, -0.05) is 23.4 Å². The van der Waals surface area contributed by atoms with Gasteiger partial charge in [0.2, 0.25) is 5.82 Å². The fourth-order valence-electron chi connectivity index (χ4n) is 4.49. The monoisotopic (exact) mass is 518 g/mol. The fraction of sp³-hybridized carbons (Fsp3) is 0.393. The molecule has 4 rings (SSSR count). The van der Waals surface area contributed by atoms with Crippen molar-refractivity contribution in [1.29, 1.82) is 5.26 Å². The van der Waals surface area contributed by atoms with E-state index >= 15 is 0 Å². The van der Waals surface area contributed by atoms with Crippen molar-refractivity contribution in [3.05, 3.63) is 53.1 Å². The third-order valence-corrected chi connectivity index (χ3v) is 5.93. The van der Waals surface area contributed by atoms with E-state index in [1.165, 1.54) is 4.90 Å². The van der Waals surface area contributed by atoms with Crippen molar-refractivity contribution < 1.29 is 28.7 Å². The van der Waals surface area contributed by atoms with Crippen molar-refractivity contribution in [2.24, 2.45) is 0 Å². The first-order chi connectivity index (χ1) is 18.0. The number of carbonyl (C=O) groups is 2. The average molecular weight is 519 g/mol. The lowest BCUT2D eigenvalue weighted by molar-refractivity contribution is -0.138. The Bertz CT molecular complexity index is 1400. The van der Waals surface area contributed by atoms with Gasteiger partial charge in [-0.2, -0.15) is 10.2 Å². The minimum atomic E-state index is -1.12. The van der Waals surface area contributed by atoms with Gasteiger partial charge in [0, 0.05) is 11.1 Å². The number of nitrogens with zero attached hydrogens (tertiary/aromatic N) is 4. The van der Waals surface area contributed by atoms with Gasteiger partial charge in [0.25, 0.3) is 5.89 Å². The number of carboxylic acids is 1. The van der Waals surface area contributed by atoms with E-state index in [0.717, 1.165) is 16.7 Å². The predicted octanol–water partition coefficient (Wildman–Crippen LogP) is 5.37. The number of carbonyl (C=O) groups excluding carboxylic acids is 1. The maximum absolute atomic E-state index is 12.9. The Labute approximate surface area is 220 Å². The van der Waals surface area contributed by atoms with Crippen molar-refractivity contribution in [2.75, 3.05) is 6.54 Å². The van der Waals surface area contributed by atoms with Crippen LogP contribution in [0.3, 0.4) is 0 Å². The van der Waals surface area contributed by atoms with E-state index in [0.29, 0.717) is 35.5 Å². The van der Waals surface area contributed by atoms with Gasteiger partial charge in [-0.3, -0.25) is 9.69 Å². The lowest BCUT2D eigenvalue weighted by Crippen LogP contribution is -2.41. The molecule has 38 heavy (non-hydrogen) atoms. The molecular formula is C28H30N4O6. The summed E-state index contributed by atoms with van der Waals surface area (Å²) in [6, 6.07) is 12.3. The molecule has 1 aromatic heterocycles. The van der Waals surface area contributed by atoms with Crippen LogP contribution in [-0.4, -0.2) is 50.5 Å². The van der Waals surface area contributed by atoms with Crippen molar-refractivity contribution in [3.63, 3.8) is 0 Å². The maximum atomic E-state index is 12.9. The molecular weight excluding hydrogens is 488 g/mol. The largest absolute Gasteiger partial charge is 0.490 e. The molecule has 0 saturated heterocycles. The molecule has 0 spiro atoms. The Hall–Kier alpha value is -4.39. The van der Waals surface area contributed by atoms with Crippen LogP contribution in [0.4, 0.5) is 4.79 Å². The van der Waals surface area contributed by atoms with Gasteiger partial charge in [0.05, 0.1) is 17.7 Å². The van der Waals surface area contributed by atoms with Crippen LogP contribution in [0, 0.1) is 11.3 Å². The number of hydrogen-bond donors (Lipinski definition) is 1. The molecule has 0 radical (unpaired) electrons. The molecule has 1 heterocycles. The molecule has 0 unspecified atom stereocenters. The summed E-state index contributed by atoms with van der Waals surface area (Å²) in [7, 11) is 0. The predicted molar refractivity (Wildman–Crippen MR) is 137 cm³/mol. The molecule has 10 nitrogen and oxygen atoms in total. The first kappa shape index (κ1) is 26.7. The van der Waals surface area contributed by atoms with E-state index < -0.39 is 30.3 Å². The number of ether oxygens (including phenoxy) is 2. The smallest absolute Gasteiger partial charge is 0.411 e. The summed E-state index contributed by atoms with van der Waals surface area (Å²) in [5.41, 5.74) is 2.66. The van der Waals surface area contributed by atoms with E-state index in [-0.39, 0.29) is 12.0 Å². The Balaban J connectivity index is 1.65. The summed E-state index contributed by atoms with van der Waals surface area (Å²) < 4.78 is 16.7. The molecule has 0 aliphatic heterocycles. The second-order valence-electron chi connectivity index (χ2n) is 10.3. The number of rotatable bonds is 7. The third-order valence-electron chi connectivity index (χ3n) is 5.93. The van der Waals surface area contributed by atoms with Crippen LogP contribution in [0.15, 0.2) is 40.9 Å². The maximum Gasteiger partial charge on any atom is 0.411 e. The van der Waals surface area contributed by atoms with Crippen LogP contribution in [-0.2, 0) is 16.0 Å². The summed E-state index contributed by atoms with van der Waals surface area (Å²) in [6.45, 7) is 8.51. The van der Waals surface area contributed by atoms with Crippen molar-refractivity contribution in [3.8, 4) is 34.7 Å². The topological polar surface area (TPSA) is 139 Å². The molecule has 0 fully saturated rings. The van der Waals surface area contributed by atoms with Gasteiger partial charge in [0.1, 0.15) is 24.0 Å². The van der Waals surface area contributed by atoms with Crippen LogP contribution in [0.5, 0.6) is 5.75 Å². The highest BCUT2D eigenvalue weighted by Gasteiger charge is 2.36. The first-order valence-electron chi connectivity index (χ1n) is 12.3. The molecule has 1 aliphatic rings. The summed E-state index contributed by atoms with van der Waals surface area (Å²) in [5.74, 6) is -0.0276. The second kappa shape index (κ2) is 10.5. The van der Waals surface area contributed by atoms with Gasteiger partial charge in [-0.05, 0) is 76.8 Å². The molecule has 0 bridgehead atoms. The number of fused-ring (bicyclic) bond motifs is 1. The number of aromatic nitrogens is 2. The Morgan fingerprint density at radius 3 is 2.68 bits per heavy atom. The van der Waals surface area contributed by atoms with E-state index in [4.69, 9.17) is 14.0 Å². The summed E-state index contributed by atoms with van der Waals surface area (Å²) in [4.78, 5) is 30.3. The van der Waals surface area contributed by atoms with Gasteiger partial charge in [-0.25, -0.2) is 4.79 Å². The minimum absolute atomic E-state index is 0.0753. The molecule has 198 valence electrons. The van der Waals surface area contributed by atoms with Crippen molar-refractivity contribution in [2.45, 2.75) is 65.2 Å². The van der Waals surface area contributed by atoms with Crippen LogP contribution in [0.25, 0.3) is 22.8 Å². The number of benzene rings is 2. The molecule has 2 aromatic carbocycles.